The Morgan fingerprint density at radius 3 is 2.00 bits per heavy atom. The molecule has 5 aliphatic rings. The number of carbonyl (C=O) groups is 2. The molecule has 0 aromatic heterocycles. The predicted octanol–water partition coefficient (Wildman–Crippen LogP) is 2.57. The molecule has 1 amide bonds. The van der Waals surface area contributed by atoms with E-state index in [0.717, 1.165) is 32.1 Å². The van der Waals surface area contributed by atoms with Crippen molar-refractivity contribution in [3.8, 4) is 0 Å². The van der Waals surface area contributed by atoms with E-state index in [2.05, 4.69) is 5.32 Å². The summed E-state index contributed by atoms with van der Waals surface area (Å²) in [6.45, 7) is 0. The second-order valence-electron chi connectivity index (χ2n) is 8.24. The first-order valence-electron chi connectivity index (χ1n) is 8.58. The molecule has 0 aromatic rings. The minimum absolute atomic E-state index is 0.0506. The molecule has 5 fully saturated rings. The lowest BCUT2D eigenvalue weighted by molar-refractivity contribution is -0.151. The summed E-state index contributed by atoms with van der Waals surface area (Å²) in [7, 11) is 0. The van der Waals surface area contributed by atoms with Crippen LogP contribution in [0.3, 0.4) is 0 Å². The quantitative estimate of drug-likeness (QED) is 0.818. The number of carboxylic acids is 1. The molecule has 4 nitrogen and oxygen atoms in total. The number of hydrogen-bond acceptors (Lipinski definition) is 2. The van der Waals surface area contributed by atoms with Crippen molar-refractivity contribution in [3.05, 3.63) is 0 Å². The molecule has 0 saturated heterocycles. The van der Waals surface area contributed by atoms with Gasteiger partial charge >= 0.3 is 5.97 Å². The van der Waals surface area contributed by atoms with Gasteiger partial charge < -0.3 is 10.4 Å². The molecule has 4 heteroatoms. The average molecular weight is 291 g/mol. The monoisotopic (exact) mass is 291 g/mol. The fourth-order valence-electron chi connectivity index (χ4n) is 5.61. The first-order chi connectivity index (χ1) is 10.0. The van der Waals surface area contributed by atoms with Gasteiger partial charge in [-0.2, -0.15) is 0 Å². The van der Waals surface area contributed by atoms with Crippen LogP contribution < -0.4 is 5.32 Å². The Hall–Kier alpha value is -1.06. The molecule has 0 unspecified atom stereocenters. The van der Waals surface area contributed by atoms with Gasteiger partial charge in [0.2, 0.25) is 5.91 Å². The second-order valence-corrected chi connectivity index (χ2v) is 8.24. The van der Waals surface area contributed by atoms with Gasteiger partial charge in [0, 0.05) is 5.41 Å². The minimum Gasteiger partial charge on any atom is -0.480 e. The first kappa shape index (κ1) is 13.6. The summed E-state index contributed by atoms with van der Waals surface area (Å²) in [6.07, 6.45) is 9.77. The third kappa shape index (κ3) is 2.47. The summed E-state index contributed by atoms with van der Waals surface area (Å²) < 4.78 is 0. The molecule has 0 aliphatic heterocycles. The molecule has 0 aromatic carbocycles. The van der Waals surface area contributed by atoms with Crippen LogP contribution in [0.5, 0.6) is 0 Å². The number of nitrogens with one attached hydrogen (secondary N) is 1. The first-order valence-corrected chi connectivity index (χ1v) is 8.58. The van der Waals surface area contributed by atoms with Crippen LogP contribution in [-0.2, 0) is 9.59 Å². The van der Waals surface area contributed by atoms with Crippen molar-refractivity contribution in [1.29, 1.82) is 0 Å². The van der Waals surface area contributed by atoms with Gasteiger partial charge in [0.05, 0.1) is 0 Å². The molecule has 5 aliphatic carbocycles. The summed E-state index contributed by atoms with van der Waals surface area (Å²) in [6, 6.07) is -0.669. The van der Waals surface area contributed by atoms with Crippen LogP contribution in [-0.4, -0.2) is 23.0 Å². The maximum atomic E-state index is 12.8. The molecule has 1 atom stereocenters. The fourth-order valence-corrected chi connectivity index (χ4v) is 5.61. The van der Waals surface area contributed by atoms with Gasteiger partial charge in [-0.25, -0.2) is 4.79 Å². The van der Waals surface area contributed by atoms with Crippen molar-refractivity contribution < 1.29 is 14.7 Å². The number of aliphatic carboxylic acids is 1. The molecule has 2 N–H and O–H groups in total. The largest absolute Gasteiger partial charge is 0.480 e. The highest BCUT2D eigenvalue weighted by Crippen LogP contribution is 2.60. The van der Waals surface area contributed by atoms with Crippen LogP contribution in [0.1, 0.15) is 57.8 Å². The Balaban J connectivity index is 1.47. The molecule has 0 spiro atoms. The molecule has 0 radical (unpaired) electrons. The minimum atomic E-state index is -0.861. The maximum Gasteiger partial charge on any atom is 0.326 e. The van der Waals surface area contributed by atoms with Gasteiger partial charge in [-0.15, -0.1) is 0 Å². The number of hydrogen-bond donors (Lipinski definition) is 2. The SMILES string of the molecule is O=C(O)[C@@H](CC1CC1)NC(=O)C12CC3CC(CC(C3)C1)C2. The smallest absolute Gasteiger partial charge is 0.326 e. The molecule has 4 bridgehead atoms. The van der Waals surface area contributed by atoms with Crippen LogP contribution in [0.25, 0.3) is 0 Å². The standard InChI is InChI=1S/C17H25NO3/c19-15(20)14(6-10-1-2-10)18-16(21)17-7-11-3-12(8-17)5-13(4-11)9-17/h10-14H,1-9H2,(H,18,21)(H,19,20)/t11?,12?,13?,14-,17?/m1/s1. The van der Waals surface area contributed by atoms with E-state index in [9.17, 15) is 14.7 Å². The molecular formula is C17H25NO3. The van der Waals surface area contributed by atoms with Gasteiger partial charge in [0.1, 0.15) is 6.04 Å². The van der Waals surface area contributed by atoms with Gasteiger partial charge in [-0.3, -0.25) is 4.79 Å². The van der Waals surface area contributed by atoms with Gasteiger partial charge in [0.15, 0.2) is 0 Å². The van der Waals surface area contributed by atoms with Crippen LogP contribution in [0.4, 0.5) is 0 Å². The number of carboxylic acid groups (broad SMARTS) is 1. The summed E-state index contributed by atoms with van der Waals surface area (Å²) in [4.78, 5) is 24.2. The van der Waals surface area contributed by atoms with Crippen molar-refractivity contribution in [2.24, 2.45) is 29.1 Å². The van der Waals surface area contributed by atoms with E-state index < -0.39 is 12.0 Å². The van der Waals surface area contributed by atoms with Crippen LogP contribution in [0.2, 0.25) is 0 Å². The van der Waals surface area contributed by atoms with E-state index in [-0.39, 0.29) is 11.3 Å². The Bertz CT molecular complexity index is 433. The zero-order valence-corrected chi connectivity index (χ0v) is 12.5. The predicted molar refractivity (Wildman–Crippen MR) is 77.5 cm³/mol. The van der Waals surface area contributed by atoms with Crippen LogP contribution >= 0.6 is 0 Å². The molecule has 0 heterocycles. The fraction of sp³-hybridized carbons (Fsp3) is 0.882. The highest BCUT2D eigenvalue weighted by Gasteiger charge is 2.55. The highest BCUT2D eigenvalue weighted by atomic mass is 16.4. The molecule has 5 rings (SSSR count). The van der Waals surface area contributed by atoms with E-state index in [1.807, 2.05) is 0 Å². The Morgan fingerprint density at radius 1 is 1.05 bits per heavy atom. The van der Waals surface area contributed by atoms with Crippen molar-refractivity contribution in [1.82, 2.24) is 5.32 Å². The number of rotatable bonds is 5. The Kier molecular flexibility index (Phi) is 3.05. The van der Waals surface area contributed by atoms with E-state index in [0.29, 0.717) is 30.1 Å². The highest BCUT2D eigenvalue weighted by molar-refractivity contribution is 5.87. The van der Waals surface area contributed by atoms with E-state index in [1.165, 1.54) is 19.3 Å². The molecular weight excluding hydrogens is 266 g/mol. The number of carbonyl (C=O) groups excluding carboxylic acids is 1. The summed E-state index contributed by atoms with van der Waals surface area (Å²) in [5.41, 5.74) is -0.230. The summed E-state index contributed by atoms with van der Waals surface area (Å²) in [5.74, 6) is 1.86. The Morgan fingerprint density at radius 2 is 1.57 bits per heavy atom. The van der Waals surface area contributed by atoms with Crippen molar-refractivity contribution in [2.75, 3.05) is 0 Å². The third-order valence-electron chi connectivity index (χ3n) is 6.39. The van der Waals surface area contributed by atoms with Gasteiger partial charge in [-0.1, -0.05) is 12.8 Å². The van der Waals surface area contributed by atoms with Crippen molar-refractivity contribution in [2.45, 2.75) is 63.8 Å². The van der Waals surface area contributed by atoms with Crippen molar-refractivity contribution >= 4 is 11.9 Å². The van der Waals surface area contributed by atoms with Crippen LogP contribution in [0, 0.1) is 29.1 Å². The van der Waals surface area contributed by atoms with Crippen LogP contribution in [0.15, 0.2) is 0 Å². The molecule has 116 valence electrons. The normalized spacial score (nSPS) is 41.8. The van der Waals surface area contributed by atoms with E-state index in [4.69, 9.17) is 0 Å². The van der Waals surface area contributed by atoms with Crippen molar-refractivity contribution in [3.63, 3.8) is 0 Å². The lowest BCUT2D eigenvalue weighted by atomic mass is 9.49. The van der Waals surface area contributed by atoms with E-state index >= 15 is 0 Å². The molecule has 21 heavy (non-hydrogen) atoms. The average Bonchev–Trinajstić information content (AvgIpc) is 3.20. The van der Waals surface area contributed by atoms with Gasteiger partial charge in [-0.05, 0) is 68.6 Å². The zero-order valence-electron chi connectivity index (χ0n) is 12.5. The second kappa shape index (κ2) is 4.72. The Labute approximate surface area is 125 Å². The summed E-state index contributed by atoms with van der Waals surface area (Å²) in [5, 5.41) is 12.3. The third-order valence-corrected chi connectivity index (χ3v) is 6.39. The zero-order chi connectivity index (χ0) is 14.6. The maximum absolute atomic E-state index is 12.8. The lowest BCUT2D eigenvalue weighted by Gasteiger charge is -2.55. The van der Waals surface area contributed by atoms with Gasteiger partial charge in [0.25, 0.3) is 0 Å². The number of amides is 1. The molecule has 5 saturated carbocycles. The van der Waals surface area contributed by atoms with E-state index in [1.54, 1.807) is 0 Å². The summed E-state index contributed by atoms with van der Waals surface area (Å²) >= 11 is 0. The lowest BCUT2D eigenvalue weighted by Crippen LogP contribution is -2.56. The topological polar surface area (TPSA) is 66.4 Å².